The van der Waals surface area contributed by atoms with Gasteiger partial charge in [-0.05, 0) is 19.3 Å². The van der Waals surface area contributed by atoms with E-state index in [0.717, 1.165) is 12.8 Å². The van der Waals surface area contributed by atoms with Crippen LogP contribution < -0.4 is 11.1 Å². The Labute approximate surface area is 117 Å². The first-order valence-electron chi connectivity index (χ1n) is 6.53. The van der Waals surface area contributed by atoms with Gasteiger partial charge in [-0.25, -0.2) is 9.59 Å². The van der Waals surface area contributed by atoms with E-state index in [2.05, 4.69) is 5.32 Å². The van der Waals surface area contributed by atoms with Gasteiger partial charge in [-0.1, -0.05) is 0 Å². The van der Waals surface area contributed by atoms with Crippen LogP contribution in [0, 0.1) is 0 Å². The minimum Gasteiger partial charge on any atom is -0.480 e. The van der Waals surface area contributed by atoms with Crippen LogP contribution in [0.15, 0.2) is 0 Å². The van der Waals surface area contributed by atoms with Crippen molar-refractivity contribution in [2.24, 2.45) is 5.73 Å². The van der Waals surface area contributed by atoms with Crippen molar-refractivity contribution >= 4 is 17.9 Å². The number of carboxylic acid groups (broad SMARTS) is 1. The first-order chi connectivity index (χ1) is 9.43. The predicted octanol–water partition coefficient (Wildman–Crippen LogP) is -0.474. The van der Waals surface area contributed by atoms with Crippen LogP contribution in [-0.4, -0.2) is 60.3 Å². The molecule has 1 fully saturated rings. The smallest absolute Gasteiger partial charge is 0.326 e. The Morgan fingerprint density at radius 1 is 1.50 bits per heavy atom. The van der Waals surface area contributed by atoms with Crippen LogP contribution in [0.1, 0.15) is 25.7 Å². The number of aliphatic carboxylic acids is 1. The van der Waals surface area contributed by atoms with Gasteiger partial charge in [-0.3, -0.25) is 4.79 Å². The van der Waals surface area contributed by atoms with Crippen LogP contribution in [0.3, 0.4) is 0 Å². The highest BCUT2D eigenvalue weighted by molar-refractivity contribution is 5.83. The van der Waals surface area contributed by atoms with Gasteiger partial charge in [0.25, 0.3) is 0 Å². The minimum absolute atomic E-state index is 0.0159. The number of rotatable bonds is 6. The summed E-state index contributed by atoms with van der Waals surface area (Å²) in [6, 6.07) is -1.57. The summed E-state index contributed by atoms with van der Waals surface area (Å²) in [4.78, 5) is 35.3. The Kier molecular flexibility index (Phi) is 6.23. The second-order valence-corrected chi connectivity index (χ2v) is 4.79. The van der Waals surface area contributed by atoms with E-state index in [9.17, 15) is 14.4 Å². The molecule has 1 heterocycles. The number of ether oxygens (including phenoxy) is 1. The first kappa shape index (κ1) is 16.2. The van der Waals surface area contributed by atoms with Crippen molar-refractivity contribution in [3.05, 3.63) is 0 Å². The van der Waals surface area contributed by atoms with Crippen LogP contribution in [0.4, 0.5) is 4.79 Å². The number of nitrogens with two attached hydrogens (primary N) is 1. The summed E-state index contributed by atoms with van der Waals surface area (Å²) in [5.41, 5.74) is 4.98. The number of amides is 3. The summed E-state index contributed by atoms with van der Waals surface area (Å²) >= 11 is 0. The number of nitrogens with zero attached hydrogens (tertiary/aromatic N) is 1. The topological polar surface area (TPSA) is 122 Å². The lowest BCUT2D eigenvalue weighted by atomic mass is 10.1. The molecule has 8 nitrogen and oxygen atoms in total. The highest BCUT2D eigenvalue weighted by atomic mass is 16.5. The van der Waals surface area contributed by atoms with Crippen molar-refractivity contribution in [2.75, 3.05) is 20.2 Å². The average Bonchev–Trinajstić information content (AvgIpc) is 2.42. The van der Waals surface area contributed by atoms with E-state index in [1.165, 1.54) is 4.90 Å². The minimum atomic E-state index is -1.18. The molecule has 0 aromatic rings. The molecule has 0 aromatic carbocycles. The molecule has 114 valence electrons. The number of carboxylic acids is 1. The maximum atomic E-state index is 12.0. The maximum Gasteiger partial charge on any atom is 0.326 e. The molecule has 0 aromatic heterocycles. The van der Waals surface area contributed by atoms with Crippen molar-refractivity contribution in [2.45, 2.75) is 37.8 Å². The van der Waals surface area contributed by atoms with Gasteiger partial charge in [0, 0.05) is 26.6 Å². The molecule has 0 saturated carbocycles. The third-order valence-electron chi connectivity index (χ3n) is 3.27. The number of hydrogen-bond donors (Lipinski definition) is 3. The van der Waals surface area contributed by atoms with Crippen LogP contribution in [0.25, 0.3) is 0 Å². The van der Waals surface area contributed by atoms with Crippen LogP contribution in [0.2, 0.25) is 0 Å². The number of urea groups is 1. The summed E-state index contributed by atoms with van der Waals surface area (Å²) < 4.78 is 5.20. The van der Waals surface area contributed by atoms with Gasteiger partial charge in [0.15, 0.2) is 0 Å². The van der Waals surface area contributed by atoms with E-state index >= 15 is 0 Å². The SMILES string of the molecule is COC1CCCN(C(=O)N[C@H](CCC(N)=O)C(=O)O)C1. The molecule has 0 radical (unpaired) electrons. The quantitative estimate of drug-likeness (QED) is 0.609. The molecule has 1 aliphatic heterocycles. The van der Waals surface area contributed by atoms with Crippen LogP contribution in [-0.2, 0) is 14.3 Å². The van der Waals surface area contributed by atoms with E-state index < -0.39 is 23.9 Å². The van der Waals surface area contributed by atoms with E-state index in [4.69, 9.17) is 15.6 Å². The standard InChI is InChI=1S/C12H21N3O5/c1-20-8-3-2-6-15(7-8)12(19)14-9(11(17)18)4-5-10(13)16/h8-9H,2-7H2,1H3,(H2,13,16)(H,14,19)(H,17,18)/t8?,9-/m1/s1. The predicted molar refractivity (Wildman–Crippen MR) is 70.0 cm³/mol. The zero-order valence-electron chi connectivity index (χ0n) is 11.5. The molecule has 1 rings (SSSR count). The normalized spacial score (nSPS) is 20.2. The van der Waals surface area contributed by atoms with Gasteiger partial charge < -0.3 is 25.8 Å². The summed E-state index contributed by atoms with van der Waals surface area (Å²) in [6.07, 6.45) is 1.56. The molecule has 8 heteroatoms. The summed E-state index contributed by atoms with van der Waals surface area (Å²) in [5, 5.41) is 11.4. The number of primary amides is 1. The summed E-state index contributed by atoms with van der Waals surface area (Å²) in [6.45, 7) is 0.998. The molecule has 1 aliphatic rings. The van der Waals surface area contributed by atoms with Gasteiger partial charge >= 0.3 is 12.0 Å². The van der Waals surface area contributed by atoms with Crippen molar-refractivity contribution in [3.63, 3.8) is 0 Å². The molecule has 0 bridgehead atoms. The molecule has 0 spiro atoms. The Bertz CT molecular complexity index is 374. The van der Waals surface area contributed by atoms with Gasteiger partial charge in [0.2, 0.25) is 5.91 Å². The number of piperidine rings is 1. The molecule has 0 aliphatic carbocycles. The van der Waals surface area contributed by atoms with Gasteiger partial charge in [0.05, 0.1) is 6.10 Å². The van der Waals surface area contributed by atoms with Crippen molar-refractivity contribution in [1.29, 1.82) is 0 Å². The highest BCUT2D eigenvalue weighted by Gasteiger charge is 2.27. The Hall–Kier alpha value is -1.83. The first-order valence-corrected chi connectivity index (χ1v) is 6.53. The molecule has 3 amide bonds. The maximum absolute atomic E-state index is 12.0. The second kappa shape index (κ2) is 7.68. The molecular weight excluding hydrogens is 266 g/mol. The van der Waals surface area contributed by atoms with Crippen LogP contribution >= 0.6 is 0 Å². The zero-order chi connectivity index (χ0) is 15.1. The Balaban J connectivity index is 2.52. The number of methoxy groups -OCH3 is 1. The zero-order valence-corrected chi connectivity index (χ0v) is 11.5. The Morgan fingerprint density at radius 2 is 2.20 bits per heavy atom. The lowest BCUT2D eigenvalue weighted by Crippen LogP contribution is -2.52. The molecule has 2 atom stereocenters. The number of likely N-dealkylation sites (tertiary alicyclic amines) is 1. The Morgan fingerprint density at radius 3 is 2.75 bits per heavy atom. The van der Waals surface area contributed by atoms with Gasteiger partial charge in [-0.2, -0.15) is 0 Å². The molecule has 20 heavy (non-hydrogen) atoms. The average molecular weight is 287 g/mol. The van der Waals surface area contributed by atoms with Crippen molar-refractivity contribution in [1.82, 2.24) is 10.2 Å². The lowest BCUT2D eigenvalue weighted by molar-refractivity contribution is -0.139. The number of hydrogen-bond acceptors (Lipinski definition) is 4. The number of carbonyl (C=O) groups excluding carboxylic acids is 2. The summed E-state index contributed by atoms with van der Waals surface area (Å²) in [5.74, 6) is -1.78. The van der Waals surface area contributed by atoms with E-state index in [0.29, 0.717) is 13.1 Å². The molecule has 4 N–H and O–H groups in total. The fraction of sp³-hybridized carbons (Fsp3) is 0.750. The highest BCUT2D eigenvalue weighted by Crippen LogP contribution is 2.12. The summed E-state index contributed by atoms with van der Waals surface area (Å²) in [7, 11) is 1.58. The van der Waals surface area contributed by atoms with Gasteiger partial charge in [0.1, 0.15) is 6.04 Å². The molecule has 1 saturated heterocycles. The third kappa shape index (κ3) is 5.04. The molecule has 1 unspecified atom stereocenters. The van der Waals surface area contributed by atoms with E-state index in [-0.39, 0.29) is 18.9 Å². The molecular formula is C12H21N3O5. The van der Waals surface area contributed by atoms with E-state index in [1.807, 2.05) is 0 Å². The van der Waals surface area contributed by atoms with Crippen molar-refractivity contribution < 1.29 is 24.2 Å². The monoisotopic (exact) mass is 287 g/mol. The lowest BCUT2D eigenvalue weighted by Gasteiger charge is -2.32. The number of carbonyl (C=O) groups is 3. The number of nitrogens with one attached hydrogen (secondary N) is 1. The fourth-order valence-corrected chi connectivity index (χ4v) is 2.10. The third-order valence-corrected chi connectivity index (χ3v) is 3.27. The van der Waals surface area contributed by atoms with Gasteiger partial charge in [-0.15, -0.1) is 0 Å². The largest absolute Gasteiger partial charge is 0.480 e. The van der Waals surface area contributed by atoms with E-state index in [1.54, 1.807) is 7.11 Å². The van der Waals surface area contributed by atoms with Crippen LogP contribution in [0.5, 0.6) is 0 Å². The second-order valence-electron chi connectivity index (χ2n) is 4.79. The fourth-order valence-electron chi connectivity index (χ4n) is 2.10. The van der Waals surface area contributed by atoms with Crippen molar-refractivity contribution in [3.8, 4) is 0 Å².